The van der Waals surface area contributed by atoms with Crippen molar-refractivity contribution in [3.05, 3.63) is 59.9 Å². The largest absolute Gasteiger partial charge is 0.457 e. The van der Waals surface area contributed by atoms with Crippen LogP contribution in [0.2, 0.25) is 0 Å². The Morgan fingerprint density at radius 2 is 1.20 bits per heavy atom. The van der Waals surface area contributed by atoms with Crippen LogP contribution in [0, 0.1) is 5.82 Å². The Hall–Kier alpha value is -2.26. The first-order chi connectivity index (χ1) is 28.6. The number of nitrogens with one attached hydrogen (secondary N) is 1. The Kier molecular flexibility index (Phi) is 26.6. The van der Waals surface area contributed by atoms with Crippen molar-refractivity contribution in [3.8, 4) is 11.5 Å². The molecule has 1 fully saturated rings. The summed E-state index contributed by atoms with van der Waals surface area (Å²) >= 11 is 5.66. The zero-order valence-electron chi connectivity index (χ0n) is 35.6. The Labute approximate surface area is 358 Å². The molecule has 0 saturated carbocycles. The number of aliphatic hydroxyl groups excluding tert-OH is 6. The average molecular weight is 850 g/mol. The van der Waals surface area contributed by atoms with Crippen LogP contribution in [0.4, 0.5) is 4.39 Å². The smallest absolute Gasteiger partial charge is 0.186 e. The van der Waals surface area contributed by atoms with Crippen LogP contribution in [-0.4, -0.2) is 97.8 Å². The second-order valence-electron chi connectivity index (χ2n) is 16.5. The van der Waals surface area contributed by atoms with Crippen LogP contribution >= 0.6 is 12.2 Å². The topological polar surface area (TPSA) is 161 Å². The van der Waals surface area contributed by atoms with E-state index in [1.54, 1.807) is 12.1 Å². The van der Waals surface area contributed by atoms with Gasteiger partial charge in [-0.2, -0.15) is 0 Å². The molecule has 2 aromatic carbocycles. The van der Waals surface area contributed by atoms with Gasteiger partial charge in [0.1, 0.15) is 47.8 Å². The van der Waals surface area contributed by atoms with Crippen LogP contribution in [0.1, 0.15) is 154 Å². The fraction of sp³-hybridized carbons (Fsp3) is 0.723. The van der Waals surface area contributed by atoms with Crippen molar-refractivity contribution >= 4 is 17.2 Å². The molecule has 0 aliphatic carbocycles. The molecule has 1 aliphatic rings. The minimum absolute atomic E-state index is 0.198. The van der Waals surface area contributed by atoms with Gasteiger partial charge in [0.2, 0.25) is 0 Å². The second kappa shape index (κ2) is 30.7. The fourth-order valence-electron chi connectivity index (χ4n) is 7.58. The molecule has 2 aromatic rings. The van der Waals surface area contributed by atoms with E-state index in [0.717, 1.165) is 63.5 Å². The van der Waals surface area contributed by atoms with E-state index in [-0.39, 0.29) is 12.4 Å². The summed E-state index contributed by atoms with van der Waals surface area (Å²) in [5.41, 5.74) is 1.27. The van der Waals surface area contributed by atoms with E-state index in [4.69, 9.17) is 26.4 Å². The van der Waals surface area contributed by atoms with Gasteiger partial charge < -0.3 is 50.2 Å². The highest BCUT2D eigenvalue weighted by molar-refractivity contribution is 7.80. The van der Waals surface area contributed by atoms with Crippen molar-refractivity contribution < 1.29 is 49.2 Å². The zero-order chi connectivity index (χ0) is 42.7. The number of hydrogen-bond acceptors (Lipinski definition) is 10. The van der Waals surface area contributed by atoms with Crippen LogP contribution in [0.5, 0.6) is 11.5 Å². The summed E-state index contributed by atoms with van der Waals surface area (Å²) in [6.45, 7) is 1.46. The molecule has 0 spiro atoms. The second-order valence-corrected chi connectivity index (χ2v) is 17.0. The lowest BCUT2D eigenvalue weighted by molar-refractivity contribution is -0.303. The maximum absolute atomic E-state index is 13.1. The van der Waals surface area contributed by atoms with Crippen LogP contribution in [0.25, 0.3) is 0 Å². The quantitative estimate of drug-likeness (QED) is 0.0272. The standard InChI is InChI=1S/C47H76FNO9S/c1-2-3-4-5-6-7-8-9-10-14-17-20-23-40(51)43(52)39(34-56-47-46(55)45(54)44(53)41(33-50)58-47)49-42(59)24-21-18-15-12-11-13-16-19-22-35-25-29-37(30-26-35)57-38-31-27-36(48)28-32-38/h25-32,39-41,43-47,50-55H,2-24,33-34H2,1H3,(H,49,59)/t39-,40+,41+,43-,44-,45-,46+,47-/m0/s1. The van der Waals surface area contributed by atoms with Crippen molar-refractivity contribution in [1.29, 1.82) is 0 Å². The van der Waals surface area contributed by atoms with Crippen LogP contribution in [0.3, 0.4) is 0 Å². The third-order valence-electron chi connectivity index (χ3n) is 11.4. The highest BCUT2D eigenvalue weighted by Gasteiger charge is 2.44. The summed E-state index contributed by atoms with van der Waals surface area (Å²) in [5.74, 6) is 1.05. The SMILES string of the molecule is CCCCCCCCCCCCCC[C@@H](O)[C@@H](O)[C@H](CO[C@H]1O[C@H](CO)[C@H](O)[C@H](O)[C@H]1O)NC(=S)CCCCCCCCCCc1ccc(Oc2ccc(F)cc2)cc1. The van der Waals surface area contributed by atoms with Gasteiger partial charge in [-0.15, -0.1) is 0 Å². The highest BCUT2D eigenvalue weighted by atomic mass is 32.1. The van der Waals surface area contributed by atoms with Gasteiger partial charge in [-0.05, 0) is 74.1 Å². The van der Waals surface area contributed by atoms with E-state index in [1.807, 2.05) is 12.1 Å². The first-order valence-electron chi connectivity index (χ1n) is 22.7. The lowest BCUT2D eigenvalue weighted by atomic mass is 9.98. The minimum atomic E-state index is -1.58. The van der Waals surface area contributed by atoms with E-state index in [2.05, 4.69) is 24.4 Å². The number of hydrogen-bond donors (Lipinski definition) is 7. The van der Waals surface area contributed by atoms with Gasteiger partial charge in [-0.25, -0.2) is 4.39 Å². The van der Waals surface area contributed by atoms with Gasteiger partial charge in [0.05, 0.1) is 30.3 Å². The van der Waals surface area contributed by atoms with E-state index in [1.165, 1.54) is 94.7 Å². The summed E-state index contributed by atoms with van der Waals surface area (Å²) in [5, 5.41) is 65.8. The fourth-order valence-corrected chi connectivity index (χ4v) is 7.88. The van der Waals surface area contributed by atoms with Crippen LogP contribution in [-0.2, 0) is 15.9 Å². The summed E-state index contributed by atoms with van der Waals surface area (Å²) in [4.78, 5) is 0.541. The number of rotatable bonds is 33. The molecule has 1 heterocycles. The Morgan fingerprint density at radius 1 is 0.695 bits per heavy atom. The van der Waals surface area contributed by atoms with Crippen molar-refractivity contribution in [2.45, 2.75) is 204 Å². The number of aliphatic hydroxyl groups is 6. The first kappa shape index (κ1) is 51.1. The average Bonchev–Trinajstić information content (AvgIpc) is 3.24. The molecule has 12 heteroatoms. The number of aryl methyl sites for hydroxylation is 1. The predicted octanol–water partition coefficient (Wildman–Crippen LogP) is 8.59. The molecule has 336 valence electrons. The molecule has 0 aromatic heterocycles. The molecule has 0 radical (unpaired) electrons. The van der Waals surface area contributed by atoms with Gasteiger partial charge in [-0.3, -0.25) is 0 Å². The normalized spacial score (nSPS) is 20.9. The zero-order valence-corrected chi connectivity index (χ0v) is 36.4. The molecule has 0 unspecified atom stereocenters. The molecule has 1 saturated heterocycles. The Morgan fingerprint density at radius 3 is 1.76 bits per heavy atom. The Bertz CT molecular complexity index is 1350. The van der Waals surface area contributed by atoms with Crippen LogP contribution < -0.4 is 10.1 Å². The summed E-state index contributed by atoms with van der Waals surface area (Å²) in [6.07, 6.45) is 15.9. The number of thiocarbonyl (C=S) groups is 1. The van der Waals surface area contributed by atoms with Crippen molar-refractivity contribution in [2.75, 3.05) is 13.2 Å². The minimum Gasteiger partial charge on any atom is -0.457 e. The molecule has 3 rings (SSSR count). The Balaban J connectivity index is 1.32. The lowest BCUT2D eigenvalue weighted by Crippen LogP contribution is -2.60. The van der Waals surface area contributed by atoms with E-state index in [0.29, 0.717) is 23.6 Å². The lowest BCUT2D eigenvalue weighted by Gasteiger charge is -2.40. The molecule has 1 aliphatic heterocycles. The molecule has 7 N–H and O–H groups in total. The third-order valence-corrected chi connectivity index (χ3v) is 11.7. The molecule has 0 bridgehead atoms. The predicted molar refractivity (Wildman–Crippen MR) is 235 cm³/mol. The molecule has 0 amide bonds. The van der Waals surface area contributed by atoms with E-state index >= 15 is 0 Å². The maximum atomic E-state index is 13.1. The van der Waals surface area contributed by atoms with Gasteiger partial charge in [-0.1, -0.05) is 147 Å². The molecule has 59 heavy (non-hydrogen) atoms. The molecule has 8 atom stereocenters. The van der Waals surface area contributed by atoms with Crippen molar-refractivity contribution in [3.63, 3.8) is 0 Å². The summed E-state index contributed by atoms with van der Waals surface area (Å²) < 4.78 is 30.2. The molecular formula is C47H76FNO9S. The molecule has 10 nitrogen and oxygen atoms in total. The first-order valence-corrected chi connectivity index (χ1v) is 23.1. The molecular weight excluding hydrogens is 774 g/mol. The van der Waals surface area contributed by atoms with E-state index in [9.17, 15) is 35.0 Å². The summed E-state index contributed by atoms with van der Waals surface area (Å²) in [7, 11) is 0. The highest BCUT2D eigenvalue weighted by Crippen LogP contribution is 2.25. The van der Waals surface area contributed by atoms with Crippen LogP contribution in [0.15, 0.2) is 48.5 Å². The van der Waals surface area contributed by atoms with Gasteiger partial charge in [0.15, 0.2) is 6.29 Å². The monoisotopic (exact) mass is 850 g/mol. The van der Waals surface area contributed by atoms with Gasteiger partial charge >= 0.3 is 0 Å². The van der Waals surface area contributed by atoms with E-state index < -0.39 is 55.6 Å². The number of benzene rings is 2. The maximum Gasteiger partial charge on any atom is 0.186 e. The van der Waals surface area contributed by atoms with Gasteiger partial charge in [0.25, 0.3) is 0 Å². The third kappa shape index (κ3) is 20.9. The van der Waals surface area contributed by atoms with Crippen molar-refractivity contribution in [1.82, 2.24) is 5.32 Å². The number of ether oxygens (including phenoxy) is 3. The van der Waals surface area contributed by atoms with Gasteiger partial charge in [0, 0.05) is 0 Å². The number of unbranched alkanes of at least 4 members (excludes halogenated alkanes) is 18. The van der Waals surface area contributed by atoms with Crippen molar-refractivity contribution in [2.24, 2.45) is 0 Å². The summed E-state index contributed by atoms with van der Waals surface area (Å²) in [6, 6.07) is 13.2. The number of halogens is 1.